The number of amides is 1. The summed E-state index contributed by atoms with van der Waals surface area (Å²) in [5.74, 6) is 1.71. The molecule has 5 nitrogen and oxygen atoms in total. The van der Waals surface area contributed by atoms with E-state index in [4.69, 9.17) is 0 Å². The van der Waals surface area contributed by atoms with Crippen LogP contribution in [0.4, 0.5) is 5.69 Å². The van der Waals surface area contributed by atoms with Crippen molar-refractivity contribution in [3.8, 4) is 0 Å². The predicted octanol–water partition coefficient (Wildman–Crippen LogP) is 3.34. The molecule has 132 valence electrons. The van der Waals surface area contributed by atoms with Crippen molar-refractivity contribution in [1.82, 2.24) is 4.90 Å². The van der Waals surface area contributed by atoms with Crippen molar-refractivity contribution in [1.29, 1.82) is 0 Å². The molecule has 7 heteroatoms. The van der Waals surface area contributed by atoms with Crippen molar-refractivity contribution < 1.29 is 14.3 Å². The predicted molar refractivity (Wildman–Crippen MR) is 103 cm³/mol. The molecule has 25 heavy (non-hydrogen) atoms. The van der Waals surface area contributed by atoms with Gasteiger partial charge in [0.05, 0.1) is 12.0 Å². The first-order valence-electron chi connectivity index (χ1n) is 8.04. The molecule has 1 N–H and O–H groups in total. The first-order chi connectivity index (χ1) is 12.2. The molecule has 1 fully saturated rings. The fourth-order valence-electron chi connectivity index (χ4n) is 2.63. The second kappa shape index (κ2) is 8.51. The van der Waals surface area contributed by atoms with E-state index in [0.29, 0.717) is 9.75 Å². The molecule has 0 saturated carbocycles. The van der Waals surface area contributed by atoms with Gasteiger partial charge in [-0.05, 0) is 29.8 Å². The van der Waals surface area contributed by atoms with Crippen LogP contribution in [0.15, 0.2) is 36.4 Å². The van der Waals surface area contributed by atoms with Gasteiger partial charge in [-0.3, -0.25) is 9.69 Å². The number of benzene rings is 1. The van der Waals surface area contributed by atoms with Crippen molar-refractivity contribution in [3.63, 3.8) is 0 Å². The van der Waals surface area contributed by atoms with Crippen molar-refractivity contribution >= 4 is 40.7 Å². The second-order valence-corrected chi connectivity index (χ2v) is 8.01. The number of methoxy groups -OCH3 is 1. The van der Waals surface area contributed by atoms with Crippen LogP contribution in [0, 0.1) is 0 Å². The summed E-state index contributed by atoms with van der Waals surface area (Å²) in [6, 6.07) is 11.2. The Bertz CT molecular complexity index is 754. The van der Waals surface area contributed by atoms with E-state index < -0.39 is 5.97 Å². The molecule has 0 atom stereocenters. The van der Waals surface area contributed by atoms with E-state index >= 15 is 0 Å². The molecule has 0 radical (unpaired) electrons. The number of carbonyl (C=O) groups excluding carboxylic acids is 2. The molecule has 2 aromatic rings. The van der Waals surface area contributed by atoms with E-state index in [9.17, 15) is 9.59 Å². The molecule has 0 spiro atoms. The van der Waals surface area contributed by atoms with Gasteiger partial charge in [-0.25, -0.2) is 4.79 Å². The summed E-state index contributed by atoms with van der Waals surface area (Å²) >= 11 is 3.12. The molecule has 0 bridgehead atoms. The van der Waals surface area contributed by atoms with Gasteiger partial charge in [-0.1, -0.05) is 12.1 Å². The number of ether oxygens (including phenoxy) is 1. The average Bonchev–Trinajstić information content (AvgIpc) is 3.12. The Morgan fingerprint density at radius 1 is 1.16 bits per heavy atom. The fraction of sp³-hybridized carbons (Fsp3) is 0.333. The number of nitrogens with zero attached hydrogens (tertiary/aromatic N) is 1. The molecule has 1 saturated heterocycles. The third-order valence-corrected chi connectivity index (χ3v) is 5.92. The molecular weight excluding hydrogens is 356 g/mol. The zero-order chi connectivity index (χ0) is 17.6. The van der Waals surface area contributed by atoms with Crippen LogP contribution in [0.2, 0.25) is 0 Å². The van der Waals surface area contributed by atoms with E-state index in [0.717, 1.165) is 36.7 Å². The summed E-state index contributed by atoms with van der Waals surface area (Å²) in [6.07, 6.45) is 0. The molecular formula is C18H20N2O3S2. The normalized spacial score (nSPS) is 14.9. The SMILES string of the molecule is COC(=O)c1ccc(C(=O)Nc2cccc(CN3CCSCC3)c2)s1. The summed E-state index contributed by atoms with van der Waals surface area (Å²) in [5, 5.41) is 2.90. The Kier molecular flexibility index (Phi) is 6.12. The molecule has 1 aromatic carbocycles. The Balaban J connectivity index is 1.64. The number of anilines is 1. The zero-order valence-corrected chi connectivity index (χ0v) is 15.6. The number of carbonyl (C=O) groups is 2. The number of esters is 1. The highest BCUT2D eigenvalue weighted by molar-refractivity contribution is 7.99. The number of nitrogens with one attached hydrogen (secondary N) is 1. The summed E-state index contributed by atoms with van der Waals surface area (Å²) < 4.78 is 4.67. The minimum atomic E-state index is -0.425. The van der Waals surface area contributed by atoms with Crippen LogP contribution in [0.5, 0.6) is 0 Å². The molecule has 3 rings (SSSR count). The maximum atomic E-state index is 12.4. The third-order valence-electron chi connectivity index (χ3n) is 3.91. The van der Waals surface area contributed by atoms with Crippen molar-refractivity contribution in [3.05, 3.63) is 51.7 Å². The highest BCUT2D eigenvalue weighted by Crippen LogP contribution is 2.20. The minimum Gasteiger partial charge on any atom is -0.465 e. The van der Waals surface area contributed by atoms with Crippen LogP contribution in [0.25, 0.3) is 0 Å². The highest BCUT2D eigenvalue weighted by Gasteiger charge is 2.15. The lowest BCUT2D eigenvalue weighted by atomic mass is 10.2. The minimum absolute atomic E-state index is 0.216. The second-order valence-electron chi connectivity index (χ2n) is 5.70. The van der Waals surface area contributed by atoms with E-state index in [2.05, 4.69) is 21.0 Å². The summed E-state index contributed by atoms with van der Waals surface area (Å²) in [6.45, 7) is 3.11. The molecule has 1 amide bonds. The van der Waals surface area contributed by atoms with Crippen LogP contribution < -0.4 is 5.32 Å². The van der Waals surface area contributed by atoms with Crippen LogP contribution >= 0.6 is 23.1 Å². The average molecular weight is 377 g/mol. The van der Waals surface area contributed by atoms with Gasteiger partial charge >= 0.3 is 5.97 Å². The first kappa shape index (κ1) is 18.0. The summed E-state index contributed by atoms with van der Waals surface area (Å²) in [7, 11) is 1.33. The molecule has 1 aliphatic heterocycles. The monoisotopic (exact) mass is 376 g/mol. The van der Waals surface area contributed by atoms with Gasteiger partial charge in [0.15, 0.2) is 0 Å². The largest absolute Gasteiger partial charge is 0.465 e. The molecule has 0 unspecified atom stereocenters. The first-order valence-corrected chi connectivity index (χ1v) is 10.0. The number of hydrogen-bond donors (Lipinski definition) is 1. The van der Waals surface area contributed by atoms with E-state index in [1.165, 1.54) is 24.2 Å². The van der Waals surface area contributed by atoms with Gasteiger partial charge in [-0.2, -0.15) is 11.8 Å². The Morgan fingerprint density at radius 2 is 1.92 bits per heavy atom. The van der Waals surface area contributed by atoms with Crippen molar-refractivity contribution in [2.45, 2.75) is 6.54 Å². The van der Waals surface area contributed by atoms with E-state index in [1.54, 1.807) is 12.1 Å². The van der Waals surface area contributed by atoms with Crippen molar-refractivity contribution in [2.75, 3.05) is 37.0 Å². The van der Waals surface area contributed by atoms with Crippen LogP contribution in [-0.4, -0.2) is 48.5 Å². The lowest BCUT2D eigenvalue weighted by Gasteiger charge is -2.26. The number of rotatable bonds is 5. The summed E-state index contributed by atoms with van der Waals surface area (Å²) in [5.41, 5.74) is 1.95. The van der Waals surface area contributed by atoms with Crippen LogP contribution in [-0.2, 0) is 11.3 Å². The zero-order valence-electron chi connectivity index (χ0n) is 14.0. The van der Waals surface area contributed by atoms with Crippen molar-refractivity contribution in [2.24, 2.45) is 0 Å². The lowest BCUT2D eigenvalue weighted by molar-refractivity contribution is 0.0606. The highest BCUT2D eigenvalue weighted by atomic mass is 32.2. The van der Waals surface area contributed by atoms with Crippen LogP contribution in [0.3, 0.4) is 0 Å². The Hall–Kier alpha value is -1.83. The fourth-order valence-corrected chi connectivity index (χ4v) is 4.43. The standard InChI is InChI=1S/C18H20N2O3S2/c1-23-18(22)16-6-5-15(25-16)17(21)19-14-4-2-3-13(11-14)12-20-7-9-24-10-8-20/h2-6,11H,7-10,12H2,1H3,(H,19,21). The molecule has 1 aromatic heterocycles. The van der Waals surface area contributed by atoms with Gasteiger partial charge in [0, 0.05) is 36.8 Å². The summed E-state index contributed by atoms with van der Waals surface area (Å²) in [4.78, 5) is 27.2. The smallest absolute Gasteiger partial charge is 0.348 e. The Morgan fingerprint density at radius 3 is 2.68 bits per heavy atom. The van der Waals surface area contributed by atoms with Crippen LogP contribution in [0.1, 0.15) is 24.9 Å². The van der Waals surface area contributed by atoms with Gasteiger partial charge in [0.25, 0.3) is 5.91 Å². The number of thiophene rings is 1. The van der Waals surface area contributed by atoms with E-state index in [1.807, 2.05) is 30.0 Å². The quantitative estimate of drug-likeness (QED) is 0.811. The molecule has 0 aliphatic carbocycles. The van der Waals surface area contributed by atoms with E-state index in [-0.39, 0.29) is 5.91 Å². The third kappa shape index (κ3) is 4.84. The number of thioether (sulfide) groups is 1. The van der Waals surface area contributed by atoms with Gasteiger partial charge < -0.3 is 10.1 Å². The Labute approximate surface area is 155 Å². The number of hydrogen-bond acceptors (Lipinski definition) is 6. The lowest BCUT2D eigenvalue weighted by Crippen LogP contribution is -2.31. The van der Waals surface area contributed by atoms with Gasteiger partial charge in [0.2, 0.25) is 0 Å². The van der Waals surface area contributed by atoms with Gasteiger partial charge in [0.1, 0.15) is 4.88 Å². The molecule has 1 aliphatic rings. The maximum Gasteiger partial charge on any atom is 0.348 e. The topological polar surface area (TPSA) is 58.6 Å². The molecule has 2 heterocycles. The maximum absolute atomic E-state index is 12.4. The van der Waals surface area contributed by atoms with Gasteiger partial charge in [-0.15, -0.1) is 11.3 Å².